The van der Waals surface area contributed by atoms with Crippen molar-refractivity contribution in [3.05, 3.63) is 24.2 Å². The van der Waals surface area contributed by atoms with E-state index in [-0.39, 0.29) is 6.61 Å². The second kappa shape index (κ2) is 4.40. The van der Waals surface area contributed by atoms with Gasteiger partial charge in [0.25, 0.3) is 0 Å². The van der Waals surface area contributed by atoms with Gasteiger partial charge in [0.15, 0.2) is 5.65 Å². The maximum absolute atomic E-state index is 8.96. The average molecular weight is 205 g/mol. The second-order valence-corrected chi connectivity index (χ2v) is 3.50. The zero-order chi connectivity index (χ0) is 10.7. The first kappa shape index (κ1) is 10.1. The smallest absolute Gasteiger partial charge is 0.159 e. The molecule has 0 unspecified atom stereocenters. The third kappa shape index (κ3) is 1.85. The summed E-state index contributed by atoms with van der Waals surface area (Å²) in [7, 11) is 0. The van der Waals surface area contributed by atoms with E-state index in [1.165, 1.54) is 0 Å². The first-order valence-electron chi connectivity index (χ1n) is 5.27. The Morgan fingerprint density at radius 2 is 2.33 bits per heavy atom. The molecule has 2 heterocycles. The summed E-state index contributed by atoms with van der Waals surface area (Å²) in [5.41, 5.74) is 1.83. The Morgan fingerprint density at radius 3 is 3.07 bits per heavy atom. The van der Waals surface area contributed by atoms with Crippen LogP contribution >= 0.6 is 0 Å². The zero-order valence-electron chi connectivity index (χ0n) is 8.85. The van der Waals surface area contributed by atoms with Gasteiger partial charge in [-0.05, 0) is 18.6 Å². The van der Waals surface area contributed by atoms with Crippen LogP contribution in [-0.4, -0.2) is 26.2 Å². The molecule has 0 radical (unpaired) electrons. The van der Waals surface area contributed by atoms with Gasteiger partial charge in [-0.2, -0.15) is 0 Å². The number of aryl methyl sites for hydroxylation is 1. The van der Waals surface area contributed by atoms with Crippen molar-refractivity contribution < 1.29 is 5.11 Å². The summed E-state index contributed by atoms with van der Waals surface area (Å²) in [4.78, 5) is 8.78. The SMILES string of the molecule is CCCn1c(CCO)nc2cccnc21. The van der Waals surface area contributed by atoms with Crippen LogP contribution in [0.3, 0.4) is 0 Å². The maximum atomic E-state index is 8.96. The molecule has 4 nitrogen and oxygen atoms in total. The minimum absolute atomic E-state index is 0.132. The van der Waals surface area contributed by atoms with Crippen LogP contribution in [0.1, 0.15) is 19.2 Å². The summed E-state index contributed by atoms with van der Waals surface area (Å²) in [6.07, 6.45) is 3.41. The Morgan fingerprint density at radius 1 is 1.47 bits per heavy atom. The van der Waals surface area contributed by atoms with Gasteiger partial charge < -0.3 is 9.67 Å². The number of hydrogen-bond acceptors (Lipinski definition) is 3. The van der Waals surface area contributed by atoms with Gasteiger partial charge in [-0.3, -0.25) is 0 Å². The molecule has 0 aliphatic rings. The van der Waals surface area contributed by atoms with Crippen LogP contribution < -0.4 is 0 Å². The Labute approximate surface area is 88.6 Å². The molecule has 80 valence electrons. The van der Waals surface area contributed by atoms with E-state index in [2.05, 4.69) is 21.5 Å². The highest BCUT2D eigenvalue weighted by Gasteiger charge is 2.09. The fourth-order valence-corrected chi connectivity index (χ4v) is 1.75. The highest BCUT2D eigenvalue weighted by Crippen LogP contribution is 2.14. The van der Waals surface area contributed by atoms with Gasteiger partial charge >= 0.3 is 0 Å². The molecule has 0 spiro atoms. The first-order valence-corrected chi connectivity index (χ1v) is 5.27. The quantitative estimate of drug-likeness (QED) is 0.820. The van der Waals surface area contributed by atoms with Crippen LogP contribution in [0.15, 0.2) is 18.3 Å². The van der Waals surface area contributed by atoms with Gasteiger partial charge in [-0.1, -0.05) is 6.92 Å². The number of nitrogens with zero attached hydrogens (tertiary/aromatic N) is 3. The second-order valence-electron chi connectivity index (χ2n) is 3.50. The van der Waals surface area contributed by atoms with Gasteiger partial charge in [-0.25, -0.2) is 9.97 Å². The molecule has 0 saturated carbocycles. The monoisotopic (exact) mass is 205 g/mol. The number of hydrogen-bond donors (Lipinski definition) is 1. The lowest BCUT2D eigenvalue weighted by atomic mass is 10.4. The molecule has 4 heteroatoms. The van der Waals surface area contributed by atoms with Crippen molar-refractivity contribution in [1.82, 2.24) is 14.5 Å². The summed E-state index contributed by atoms with van der Waals surface area (Å²) in [6.45, 7) is 3.16. The molecule has 0 aliphatic carbocycles. The predicted molar refractivity (Wildman–Crippen MR) is 58.6 cm³/mol. The number of imidazole rings is 1. The van der Waals surface area contributed by atoms with Crippen LogP contribution in [0.4, 0.5) is 0 Å². The number of rotatable bonds is 4. The van der Waals surface area contributed by atoms with Crippen molar-refractivity contribution in [1.29, 1.82) is 0 Å². The molecular formula is C11H15N3O. The molecule has 0 saturated heterocycles. The molecule has 2 aromatic rings. The van der Waals surface area contributed by atoms with E-state index in [9.17, 15) is 0 Å². The molecule has 0 aliphatic heterocycles. The van der Waals surface area contributed by atoms with Crippen LogP contribution in [0.5, 0.6) is 0 Å². The minimum atomic E-state index is 0.132. The van der Waals surface area contributed by atoms with Crippen molar-refractivity contribution in [3.8, 4) is 0 Å². The van der Waals surface area contributed by atoms with E-state index in [1.807, 2.05) is 12.1 Å². The van der Waals surface area contributed by atoms with Gasteiger partial charge in [0.1, 0.15) is 11.3 Å². The lowest BCUT2D eigenvalue weighted by Gasteiger charge is -2.04. The van der Waals surface area contributed by atoms with E-state index in [1.54, 1.807) is 6.20 Å². The van der Waals surface area contributed by atoms with Gasteiger partial charge in [-0.15, -0.1) is 0 Å². The molecule has 2 aromatic heterocycles. The molecule has 0 bridgehead atoms. The predicted octanol–water partition coefficient (Wildman–Crippen LogP) is 1.38. The molecular weight excluding hydrogens is 190 g/mol. The Bertz CT molecular complexity index is 450. The van der Waals surface area contributed by atoms with Crippen LogP contribution in [0.2, 0.25) is 0 Å². The van der Waals surface area contributed by atoms with Crippen LogP contribution in [0, 0.1) is 0 Å². The highest BCUT2D eigenvalue weighted by molar-refractivity contribution is 5.71. The molecule has 0 aromatic carbocycles. The Kier molecular flexibility index (Phi) is 2.97. The van der Waals surface area contributed by atoms with E-state index in [0.717, 1.165) is 30.0 Å². The Hall–Kier alpha value is -1.42. The summed E-state index contributed by atoms with van der Waals surface area (Å²) < 4.78 is 2.09. The lowest BCUT2D eigenvalue weighted by molar-refractivity contribution is 0.294. The van der Waals surface area contributed by atoms with Crippen molar-refractivity contribution in [2.75, 3.05) is 6.61 Å². The molecule has 0 amide bonds. The summed E-state index contributed by atoms with van der Waals surface area (Å²) >= 11 is 0. The number of fused-ring (bicyclic) bond motifs is 1. The molecule has 1 N–H and O–H groups in total. The maximum Gasteiger partial charge on any atom is 0.159 e. The molecule has 0 fully saturated rings. The first-order chi connectivity index (χ1) is 7.36. The minimum Gasteiger partial charge on any atom is -0.396 e. The topological polar surface area (TPSA) is 50.9 Å². The average Bonchev–Trinajstić information content (AvgIpc) is 2.59. The number of aliphatic hydroxyl groups is 1. The van der Waals surface area contributed by atoms with Crippen molar-refractivity contribution >= 4 is 11.2 Å². The third-order valence-corrected chi connectivity index (χ3v) is 2.37. The number of aliphatic hydroxyl groups excluding tert-OH is 1. The summed E-state index contributed by atoms with van der Waals surface area (Å²) in [5.74, 6) is 0.924. The van der Waals surface area contributed by atoms with Crippen molar-refractivity contribution in [3.63, 3.8) is 0 Å². The van der Waals surface area contributed by atoms with Crippen LogP contribution in [0.25, 0.3) is 11.2 Å². The molecule has 15 heavy (non-hydrogen) atoms. The fraction of sp³-hybridized carbons (Fsp3) is 0.455. The molecule has 0 atom stereocenters. The normalized spacial score (nSPS) is 11.1. The highest BCUT2D eigenvalue weighted by atomic mass is 16.3. The van der Waals surface area contributed by atoms with E-state index in [4.69, 9.17) is 5.11 Å². The standard InChI is InChI=1S/C11H15N3O/c1-2-7-14-10(5-8-15)13-9-4-3-6-12-11(9)14/h3-4,6,15H,2,5,7-8H2,1H3. The van der Waals surface area contributed by atoms with Gasteiger partial charge in [0, 0.05) is 19.2 Å². The fourth-order valence-electron chi connectivity index (χ4n) is 1.75. The van der Waals surface area contributed by atoms with E-state index < -0.39 is 0 Å². The van der Waals surface area contributed by atoms with Gasteiger partial charge in [0.05, 0.1) is 6.61 Å². The number of pyridine rings is 1. The largest absolute Gasteiger partial charge is 0.396 e. The summed E-state index contributed by atoms with van der Waals surface area (Å²) in [5, 5.41) is 8.96. The van der Waals surface area contributed by atoms with Crippen molar-refractivity contribution in [2.45, 2.75) is 26.3 Å². The zero-order valence-corrected chi connectivity index (χ0v) is 8.85. The van der Waals surface area contributed by atoms with Crippen molar-refractivity contribution in [2.24, 2.45) is 0 Å². The number of aromatic nitrogens is 3. The van der Waals surface area contributed by atoms with Gasteiger partial charge in [0.2, 0.25) is 0 Å². The summed E-state index contributed by atoms with van der Waals surface area (Å²) in [6, 6.07) is 3.84. The lowest BCUT2D eigenvalue weighted by Crippen LogP contribution is -2.05. The molecule has 2 rings (SSSR count). The Balaban J connectivity index is 2.53. The third-order valence-electron chi connectivity index (χ3n) is 2.37. The van der Waals surface area contributed by atoms with E-state index in [0.29, 0.717) is 6.42 Å². The van der Waals surface area contributed by atoms with Crippen LogP contribution in [-0.2, 0) is 13.0 Å². The van der Waals surface area contributed by atoms with E-state index >= 15 is 0 Å².